The molecule has 1 aromatic carbocycles. The second-order valence-electron chi connectivity index (χ2n) is 9.50. The number of fused-ring (bicyclic) bond motifs is 4. The van der Waals surface area contributed by atoms with Gasteiger partial charge in [0.1, 0.15) is 16.1 Å². The topological polar surface area (TPSA) is 63.1 Å². The first-order valence-electron chi connectivity index (χ1n) is 12.3. The minimum absolute atomic E-state index is 0.0709. The first kappa shape index (κ1) is 24.3. The van der Waals surface area contributed by atoms with Gasteiger partial charge < -0.3 is 14.8 Å². The molecule has 1 N–H and O–H groups in total. The number of alkyl halides is 2. The highest BCUT2D eigenvalue weighted by atomic mass is 79.9. The highest BCUT2D eigenvalue weighted by Crippen LogP contribution is 2.43. The summed E-state index contributed by atoms with van der Waals surface area (Å²) in [7, 11) is 0. The number of hydrogen-bond acceptors (Lipinski definition) is 5. The van der Waals surface area contributed by atoms with E-state index in [0.29, 0.717) is 34.6 Å². The van der Waals surface area contributed by atoms with Crippen LogP contribution in [0.5, 0.6) is 0 Å². The third-order valence-electron chi connectivity index (χ3n) is 7.55. The molecule has 0 spiro atoms. The maximum Gasteiger partial charge on any atom is 0.273 e. The quantitative estimate of drug-likeness (QED) is 0.479. The number of aromatic nitrogens is 3. The van der Waals surface area contributed by atoms with Crippen molar-refractivity contribution in [2.45, 2.75) is 64.5 Å². The lowest BCUT2D eigenvalue weighted by Gasteiger charge is -2.29. The number of aryl methyl sites for hydroxylation is 1. The van der Waals surface area contributed by atoms with Gasteiger partial charge in [0.05, 0.1) is 16.4 Å². The Kier molecular flexibility index (Phi) is 6.20. The molecule has 2 bridgehead atoms. The van der Waals surface area contributed by atoms with E-state index in [2.05, 4.69) is 36.1 Å². The van der Waals surface area contributed by atoms with Crippen molar-refractivity contribution in [3.8, 4) is 0 Å². The Labute approximate surface area is 211 Å². The molecule has 4 heterocycles. The van der Waals surface area contributed by atoms with Gasteiger partial charge in [0, 0.05) is 44.4 Å². The van der Waals surface area contributed by atoms with Crippen molar-refractivity contribution in [2.75, 3.05) is 25.0 Å². The molecule has 2 fully saturated rings. The molecule has 186 valence electrons. The van der Waals surface area contributed by atoms with Crippen molar-refractivity contribution in [3.63, 3.8) is 0 Å². The number of nitrogens with zero attached hydrogens (tertiary/aromatic N) is 4. The predicted molar refractivity (Wildman–Crippen MR) is 137 cm³/mol. The fourth-order valence-corrected chi connectivity index (χ4v) is 6.30. The maximum atomic E-state index is 14.2. The van der Waals surface area contributed by atoms with Crippen LogP contribution in [0.2, 0.25) is 0 Å². The largest absolute Gasteiger partial charge is 0.365 e. The van der Waals surface area contributed by atoms with E-state index in [9.17, 15) is 13.6 Å². The number of anilines is 1. The fourth-order valence-electron chi connectivity index (χ4n) is 5.81. The number of rotatable bonds is 4. The third kappa shape index (κ3) is 3.96. The minimum atomic E-state index is -2.76. The zero-order valence-corrected chi connectivity index (χ0v) is 21.9. The molecule has 0 amide bonds. The summed E-state index contributed by atoms with van der Waals surface area (Å²) in [6.45, 7) is 9.04. The van der Waals surface area contributed by atoms with Crippen LogP contribution in [0.15, 0.2) is 33.7 Å². The van der Waals surface area contributed by atoms with Gasteiger partial charge in [-0.05, 0) is 53.2 Å². The summed E-state index contributed by atoms with van der Waals surface area (Å²) in [5.41, 5.74) is 2.01. The molecule has 0 unspecified atom stereocenters. The Morgan fingerprint density at radius 3 is 2.57 bits per heavy atom. The molecule has 2 aromatic heterocycles. The Morgan fingerprint density at radius 2 is 1.89 bits per heavy atom. The number of pyridine rings is 1. The van der Waals surface area contributed by atoms with E-state index in [1.54, 1.807) is 13.0 Å². The number of benzene rings is 1. The molecule has 6 nitrogen and oxygen atoms in total. The molecule has 3 aliphatic rings. The molecule has 35 heavy (non-hydrogen) atoms. The zero-order chi connectivity index (χ0) is 25.0. The summed E-state index contributed by atoms with van der Waals surface area (Å²) in [5.74, 6) is -1.61. The zero-order valence-electron chi connectivity index (χ0n) is 20.3. The summed E-state index contributed by atoms with van der Waals surface area (Å²) >= 11 is 3.51. The number of hydrogen-bond donors (Lipinski definition) is 1. The molecule has 9 heteroatoms. The maximum absolute atomic E-state index is 14.2. The molecule has 0 saturated carbocycles. The van der Waals surface area contributed by atoms with Crippen molar-refractivity contribution in [1.29, 1.82) is 0 Å². The Hall–Kier alpha value is -2.39. The standard InChI is InChI=1S/C24H24BrF2N5O.C2H6/c1-14-29-20-17(12-32(22(33)19(20)25)23-7-9-31(13-23)10-8-23)21(30-14)28-11-15-3-2-4-18-16(15)5-6-24(18,26)27;1-2/h2-4,12H,5-11,13H2,1H3,(H,28,29,30);1-2H3. The summed E-state index contributed by atoms with van der Waals surface area (Å²) in [4.78, 5) is 24.8. The smallest absolute Gasteiger partial charge is 0.273 e. The van der Waals surface area contributed by atoms with E-state index in [-0.39, 0.29) is 23.1 Å². The second kappa shape index (κ2) is 8.92. The molecule has 2 aliphatic heterocycles. The number of piperidine rings is 1. The minimum Gasteiger partial charge on any atom is -0.365 e. The lowest BCUT2D eigenvalue weighted by atomic mass is 9.94. The van der Waals surface area contributed by atoms with Gasteiger partial charge in [-0.25, -0.2) is 18.7 Å². The van der Waals surface area contributed by atoms with Crippen molar-refractivity contribution in [3.05, 3.63) is 61.7 Å². The molecule has 6 rings (SSSR count). The molecule has 2 saturated heterocycles. The Morgan fingerprint density at radius 1 is 1.14 bits per heavy atom. The summed E-state index contributed by atoms with van der Waals surface area (Å²) < 4.78 is 30.7. The van der Waals surface area contributed by atoms with Crippen LogP contribution in [0.1, 0.15) is 55.6 Å². The van der Waals surface area contributed by atoms with E-state index in [1.807, 2.05) is 30.7 Å². The molecule has 0 radical (unpaired) electrons. The van der Waals surface area contributed by atoms with Gasteiger partial charge in [-0.2, -0.15) is 0 Å². The van der Waals surface area contributed by atoms with Crippen LogP contribution in [0, 0.1) is 6.92 Å². The highest BCUT2D eigenvalue weighted by molar-refractivity contribution is 9.10. The summed E-state index contributed by atoms with van der Waals surface area (Å²) in [6, 6.07) is 5.11. The van der Waals surface area contributed by atoms with Gasteiger partial charge in [0.2, 0.25) is 0 Å². The van der Waals surface area contributed by atoms with Crippen molar-refractivity contribution < 1.29 is 8.78 Å². The molecule has 3 aromatic rings. The van der Waals surface area contributed by atoms with E-state index < -0.39 is 5.92 Å². The van der Waals surface area contributed by atoms with Crippen LogP contribution in [0.3, 0.4) is 0 Å². The molecular weight excluding hydrogens is 516 g/mol. The van der Waals surface area contributed by atoms with Crippen LogP contribution in [-0.4, -0.2) is 39.1 Å². The lowest BCUT2D eigenvalue weighted by molar-refractivity contribution is -0.00184. The first-order chi connectivity index (χ1) is 16.8. The lowest BCUT2D eigenvalue weighted by Crippen LogP contribution is -2.40. The second-order valence-corrected chi connectivity index (χ2v) is 10.3. The number of halogens is 3. The van der Waals surface area contributed by atoms with Crippen LogP contribution < -0.4 is 10.9 Å². The average molecular weight is 546 g/mol. The van der Waals surface area contributed by atoms with Gasteiger partial charge in [-0.15, -0.1) is 0 Å². The summed E-state index contributed by atoms with van der Waals surface area (Å²) in [5, 5.41) is 4.12. The SMILES string of the molecule is CC.Cc1nc(NCc2cccc3c2CCC3(F)F)c2cn(C34CCN(CC3)C4)c(=O)c(Br)c2n1. The normalized spacial score (nSPS) is 23.8. The van der Waals surface area contributed by atoms with Crippen molar-refractivity contribution in [1.82, 2.24) is 19.4 Å². The van der Waals surface area contributed by atoms with Gasteiger partial charge in [0.15, 0.2) is 0 Å². The van der Waals surface area contributed by atoms with Crippen molar-refractivity contribution >= 4 is 32.7 Å². The van der Waals surface area contributed by atoms with Crippen LogP contribution in [-0.2, 0) is 24.4 Å². The fraction of sp³-hybridized carbons (Fsp3) is 0.500. The van der Waals surface area contributed by atoms with Gasteiger partial charge in [-0.1, -0.05) is 32.0 Å². The van der Waals surface area contributed by atoms with Gasteiger partial charge in [0.25, 0.3) is 11.5 Å². The molecule has 0 atom stereocenters. The van der Waals surface area contributed by atoms with Crippen LogP contribution in [0.25, 0.3) is 10.9 Å². The van der Waals surface area contributed by atoms with E-state index in [4.69, 9.17) is 0 Å². The first-order valence-corrected chi connectivity index (χ1v) is 13.1. The predicted octanol–water partition coefficient (Wildman–Crippen LogP) is 5.34. The van der Waals surface area contributed by atoms with Crippen molar-refractivity contribution in [2.24, 2.45) is 0 Å². The van der Waals surface area contributed by atoms with Crippen LogP contribution in [0.4, 0.5) is 14.6 Å². The van der Waals surface area contributed by atoms with E-state index >= 15 is 0 Å². The Balaban J connectivity index is 0.00000124. The monoisotopic (exact) mass is 545 g/mol. The van der Waals surface area contributed by atoms with Gasteiger partial charge >= 0.3 is 0 Å². The summed E-state index contributed by atoms with van der Waals surface area (Å²) in [6.07, 6.45) is 4.01. The molecule has 1 aliphatic carbocycles. The number of nitrogens with one attached hydrogen (secondary N) is 1. The highest BCUT2D eigenvalue weighted by Gasteiger charge is 2.46. The third-order valence-corrected chi connectivity index (χ3v) is 8.26. The van der Waals surface area contributed by atoms with Crippen LogP contribution >= 0.6 is 15.9 Å². The Bertz CT molecular complexity index is 1350. The molecular formula is C26H30BrF2N5O. The van der Waals surface area contributed by atoms with E-state index in [0.717, 1.165) is 49.0 Å². The average Bonchev–Trinajstić information content (AvgIpc) is 3.55. The van der Waals surface area contributed by atoms with Gasteiger partial charge in [-0.3, -0.25) is 4.79 Å². The van der Waals surface area contributed by atoms with E-state index in [1.165, 1.54) is 6.07 Å².